The van der Waals surface area contributed by atoms with Gasteiger partial charge in [-0.3, -0.25) is 14.3 Å². The van der Waals surface area contributed by atoms with E-state index in [0.717, 1.165) is 25.0 Å². The van der Waals surface area contributed by atoms with Crippen LogP contribution in [-0.4, -0.2) is 44.8 Å². The topological polar surface area (TPSA) is 75.4 Å². The van der Waals surface area contributed by atoms with Crippen LogP contribution in [0.25, 0.3) is 0 Å². The van der Waals surface area contributed by atoms with E-state index in [1.54, 1.807) is 18.0 Å². The Kier molecular flexibility index (Phi) is 3.94. The predicted molar refractivity (Wildman–Crippen MR) is 85.5 cm³/mol. The van der Waals surface area contributed by atoms with Crippen LogP contribution in [0.15, 0.2) is 6.20 Å². The molecule has 0 radical (unpaired) electrons. The van der Waals surface area contributed by atoms with E-state index in [1.807, 2.05) is 4.68 Å². The molecule has 126 valence electrons. The van der Waals surface area contributed by atoms with Gasteiger partial charge in [0.1, 0.15) is 0 Å². The maximum atomic E-state index is 12.9. The molecule has 2 atom stereocenters. The van der Waals surface area contributed by atoms with E-state index in [4.69, 9.17) is 0 Å². The van der Waals surface area contributed by atoms with Crippen molar-refractivity contribution in [2.45, 2.75) is 58.4 Å². The van der Waals surface area contributed by atoms with Crippen molar-refractivity contribution in [3.8, 4) is 0 Å². The second-order valence-electron chi connectivity index (χ2n) is 7.26. The predicted octanol–water partition coefficient (Wildman–Crippen LogP) is 2.67. The Morgan fingerprint density at radius 1 is 1.48 bits per heavy atom. The molecule has 1 aromatic heterocycles. The fourth-order valence-corrected chi connectivity index (χ4v) is 3.30. The molecule has 2 aliphatic rings. The second kappa shape index (κ2) is 5.65. The van der Waals surface area contributed by atoms with Gasteiger partial charge < -0.3 is 10.0 Å². The first-order valence-corrected chi connectivity index (χ1v) is 8.47. The lowest BCUT2D eigenvalue weighted by molar-refractivity contribution is -0.147. The highest BCUT2D eigenvalue weighted by atomic mass is 16.4. The van der Waals surface area contributed by atoms with Crippen molar-refractivity contribution in [1.82, 2.24) is 14.7 Å². The maximum Gasteiger partial charge on any atom is 0.311 e. The molecule has 2 fully saturated rings. The number of carboxylic acids is 1. The molecule has 1 N–H and O–H groups in total. The van der Waals surface area contributed by atoms with Crippen LogP contribution in [-0.2, 0) is 4.79 Å². The van der Waals surface area contributed by atoms with Gasteiger partial charge in [0.15, 0.2) is 0 Å². The number of aromatic nitrogens is 2. The molecule has 0 spiro atoms. The number of likely N-dealkylation sites (tertiary alicyclic amines) is 1. The van der Waals surface area contributed by atoms with Crippen molar-refractivity contribution < 1.29 is 14.7 Å². The number of carbonyl (C=O) groups is 2. The lowest BCUT2D eigenvalue weighted by Gasteiger charge is -2.21. The Balaban J connectivity index is 1.86. The third kappa shape index (κ3) is 2.75. The molecule has 1 aliphatic heterocycles. The molecule has 0 aromatic carbocycles. The standard InChI is InChI=1S/C17H25N3O3/c1-4-11(2)20-14(12-5-6-12)13(9-18-20)15(21)19-8-7-17(3,10-19)16(22)23/h9,11-12H,4-8,10H2,1-3H3,(H,22,23). The van der Waals surface area contributed by atoms with Crippen LogP contribution < -0.4 is 0 Å². The molecule has 1 aromatic rings. The smallest absolute Gasteiger partial charge is 0.311 e. The summed E-state index contributed by atoms with van der Waals surface area (Å²) >= 11 is 0. The number of hydrogen-bond acceptors (Lipinski definition) is 3. The van der Waals surface area contributed by atoms with Gasteiger partial charge in [-0.15, -0.1) is 0 Å². The summed E-state index contributed by atoms with van der Waals surface area (Å²) in [7, 11) is 0. The summed E-state index contributed by atoms with van der Waals surface area (Å²) in [5.41, 5.74) is 0.887. The first-order valence-electron chi connectivity index (χ1n) is 8.47. The summed E-state index contributed by atoms with van der Waals surface area (Å²) < 4.78 is 2.00. The van der Waals surface area contributed by atoms with Crippen LogP contribution in [0.3, 0.4) is 0 Å². The number of carbonyl (C=O) groups excluding carboxylic acids is 1. The lowest BCUT2D eigenvalue weighted by Crippen LogP contribution is -2.35. The van der Waals surface area contributed by atoms with E-state index in [-0.39, 0.29) is 18.5 Å². The van der Waals surface area contributed by atoms with E-state index in [1.165, 1.54) is 0 Å². The first-order chi connectivity index (χ1) is 10.9. The number of amides is 1. The Labute approximate surface area is 136 Å². The quantitative estimate of drug-likeness (QED) is 0.905. The van der Waals surface area contributed by atoms with E-state index < -0.39 is 11.4 Å². The van der Waals surface area contributed by atoms with Gasteiger partial charge in [-0.25, -0.2) is 0 Å². The van der Waals surface area contributed by atoms with Crippen molar-refractivity contribution in [2.75, 3.05) is 13.1 Å². The van der Waals surface area contributed by atoms with Crippen molar-refractivity contribution in [1.29, 1.82) is 0 Å². The molecule has 6 nitrogen and oxygen atoms in total. The molecule has 23 heavy (non-hydrogen) atoms. The summed E-state index contributed by atoms with van der Waals surface area (Å²) in [6, 6.07) is 0.273. The minimum Gasteiger partial charge on any atom is -0.481 e. The molecule has 1 saturated carbocycles. The van der Waals surface area contributed by atoms with Gasteiger partial charge in [0, 0.05) is 25.0 Å². The Morgan fingerprint density at radius 3 is 2.70 bits per heavy atom. The summed E-state index contributed by atoms with van der Waals surface area (Å²) in [6.45, 7) is 6.72. The molecule has 0 bridgehead atoms. The summed E-state index contributed by atoms with van der Waals surface area (Å²) in [4.78, 5) is 26.0. The average Bonchev–Trinajstić information content (AvgIpc) is 3.13. The van der Waals surface area contributed by atoms with E-state index in [0.29, 0.717) is 24.4 Å². The third-order valence-corrected chi connectivity index (χ3v) is 5.31. The molecular weight excluding hydrogens is 294 g/mol. The molecule has 1 saturated heterocycles. The average molecular weight is 319 g/mol. The maximum absolute atomic E-state index is 12.9. The van der Waals surface area contributed by atoms with Crippen molar-refractivity contribution in [3.63, 3.8) is 0 Å². The lowest BCUT2D eigenvalue weighted by atomic mass is 9.90. The number of nitrogens with zero attached hydrogens (tertiary/aromatic N) is 3. The van der Waals surface area contributed by atoms with Crippen molar-refractivity contribution in [2.24, 2.45) is 5.41 Å². The zero-order valence-corrected chi connectivity index (χ0v) is 14.1. The molecule has 6 heteroatoms. The highest BCUT2D eigenvalue weighted by Gasteiger charge is 2.43. The molecule has 3 rings (SSSR count). The summed E-state index contributed by atoms with van der Waals surface area (Å²) in [5.74, 6) is -0.462. The largest absolute Gasteiger partial charge is 0.481 e. The van der Waals surface area contributed by atoms with Crippen LogP contribution in [0.4, 0.5) is 0 Å². The first kappa shape index (κ1) is 16.0. The van der Waals surface area contributed by atoms with Crippen LogP contribution in [0.1, 0.15) is 74.5 Å². The van der Waals surface area contributed by atoms with E-state index in [2.05, 4.69) is 18.9 Å². The SMILES string of the molecule is CCC(C)n1ncc(C(=O)N2CCC(C)(C(=O)O)C2)c1C1CC1. The Hall–Kier alpha value is -1.85. The van der Waals surface area contributed by atoms with Crippen molar-refractivity contribution in [3.05, 3.63) is 17.5 Å². The number of rotatable bonds is 5. The van der Waals surface area contributed by atoms with Gasteiger partial charge in [-0.05, 0) is 39.5 Å². The normalized spacial score (nSPS) is 25.6. The zero-order valence-electron chi connectivity index (χ0n) is 14.1. The Morgan fingerprint density at radius 2 is 2.17 bits per heavy atom. The van der Waals surface area contributed by atoms with Gasteiger partial charge >= 0.3 is 5.97 Å². The van der Waals surface area contributed by atoms with Crippen LogP contribution in [0.5, 0.6) is 0 Å². The summed E-state index contributed by atoms with van der Waals surface area (Å²) in [5, 5.41) is 13.8. The van der Waals surface area contributed by atoms with Gasteiger partial charge in [0.25, 0.3) is 5.91 Å². The highest BCUT2D eigenvalue weighted by molar-refractivity contribution is 5.96. The minimum absolute atomic E-state index is 0.0635. The monoisotopic (exact) mass is 319 g/mol. The molecule has 1 aliphatic carbocycles. The number of hydrogen-bond donors (Lipinski definition) is 1. The van der Waals surface area contributed by atoms with E-state index in [9.17, 15) is 14.7 Å². The summed E-state index contributed by atoms with van der Waals surface area (Å²) in [6.07, 6.45) is 5.37. The van der Waals surface area contributed by atoms with Gasteiger partial charge in [0.2, 0.25) is 0 Å². The molecule has 2 unspecified atom stereocenters. The molecular formula is C17H25N3O3. The fourth-order valence-electron chi connectivity index (χ4n) is 3.30. The van der Waals surface area contributed by atoms with Crippen LogP contribution in [0, 0.1) is 5.41 Å². The zero-order chi connectivity index (χ0) is 16.8. The Bertz CT molecular complexity index is 635. The van der Waals surface area contributed by atoms with Crippen molar-refractivity contribution >= 4 is 11.9 Å². The van der Waals surface area contributed by atoms with Crippen LogP contribution in [0.2, 0.25) is 0 Å². The van der Waals surface area contributed by atoms with E-state index >= 15 is 0 Å². The van der Waals surface area contributed by atoms with Gasteiger partial charge in [0.05, 0.1) is 22.9 Å². The number of carboxylic acid groups (broad SMARTS) is 1. The fraction of sp³-hybridized carbons (Fsp3) is 0.706. The number of aliphatic carboxylic acids is 1. The highest BCUT2D eigenvalue weighted by Crippen LogP contribution is 2.43. The molecule has 2 heterocycles. The minimum atomic E-state index is -0.831. The third-order valence-electron chi connectivity index (χ3n) is 5.31. The second-order valence-corrected chi connectivity index (χ2v) is 7.26. The van der Waals surface area contributed by atoms with Crippen LogP contribution >= 0.6 is 0 Å². The molecule has 1 amide bonds. The van der Waals surface area contributed by atoms with Gasteiger partial charge in [-0.1, -0.05) is 6.92 Å². The van der Waals surface area contributed by atoms with Gasteiger partial charge in [-0.2, -0.15) is 5.10 Å².